The van der Waals surface area contributed by atoms with E-state index in [2.05, 4.69) is 4.98 Å². The molecule has 6 aromatic carbocycles. The number of hydrogen-bond acceptors (Lipinski definition) is 3. The molecule has 0 saturated heterocycles. The van der Waals surface area contributed by atoms with Gasteiger partial charge in [0.15, 0.2) is 0 Å². The van der Waals surface area contributed by atoms with Crippen LogP contribution in [0.25, 0.3) is 72.7 Å². The smallest absolute Gasteiger partial charge is 0.149 e. The van der Waals surface area contributed by atoms with Crippen molar-refractivity contribution in [2.75, 3.05) is 0 Å². The van der Waals surface area contributed by atoms with Gasteiger partial charge in [0.1, 0.15) is 11.6 Å². The number of fused-ring (bicyclic) bond motifs is 1. The lowest BCUT2D eigenvalue weighted by Crippen LogP contribution is -2.17. The first kappa shape index (κ1) is 17.4. The molecule has 0 aliphatic rings. The number of para-hydroxylation sites is 1. The molecule has 0 fully saturated rings. The van der Waals surface area contributed by atoms with Crippen LogP contribution >= 0.6 is 0 Å². The van der Waals surface area contributed by atoms with Crippen LogP contribution in [0.4, 0.5) is 0 Å². The second-order valence-corrected chi connectivity index (χ2v) is 16.2. The number of aromatic nitrogens is 3. The molecule has 0 unspecified atom stereocenters. The Morgan fingerprint density at radius 1 is 0.556 bits per heavy atom. The Balaban J connectivity index is 1.69. The summed E-state index contributed by atoms with van der Waals surface area (Å²) in [6.07, 6.45) is -0.875. The van der Waals surface area contributed by atoms with Crippen molar-refractivity contribution >= 4 is 11.0 Å². The monoisotopic (exact) mass is 867 g/mol. The molecule has 2 heterocycles. The van der Waals surface area contributed by atoms with E-state index in [0.717, 1.165) is 22.8 Å². The molecule has 0 radical (unpaired) electrons. The van der Waals surface area contributed by atoms with Gasteiger partial charge < -0.3 is 5.11 Å². The van der Waals surface area contributed by atoms with E-state index in [0.29, 0.717) is 11.6 Å². The van der Waals surface area contributed by atoms with Gasteiger partial charge in [0.05, 0.1) is 37.6 Å². The van der Waals surface area contributed by atoms with Gasteiger partial charge in [-0.3, -0.25) is 9.55 Å². The zero-order valence-corrected chi connectivity index (χ0v) is 34.0. The first-order chi connectivity index (χ1) is 45.0. The molecule has 2 aromatic heterocycles. The number of rotatable bonds is 6. The van der Waals surface area contributed by atoms with Crippen LogP contribution in [-0.2, 0) is 21.7 Å². The standard InChI is InChI=1S/C59H63N3O/c1-37-22-24-38(25-23-37)40-28-29-60-50(33-40)42-30-41(31-44(32-42)57(5,6)7)46-20-17-21-52-53(46)61-55(48-35-45(58(8,9)10)36-49(54(48)63)59(11,12)13)62(52)51-27-26-43(56(2,3)4)34-47(51)39-18-15-14-16-19-39/h14-36,63H,1-13H3/i1D3,2D3,3D3,4D3,8D3,9D3,10D3,11D3,12D3,13D3,22D,23D,24D,25D,28D,29D,33D. The minimum Gasteiger partial charge on any atom is -0.507 e. The zero-order valence-electron chi connectivity index (χ0n) is 71.0. The van der Waals surface area contributed by atoms with Gasteiger partial charge in [-0.1, -0.05) is 173 Å². The van der Waals surface area contributed by atoms with Crippen LogP contribution in [0.5, 0.6) is 5.75 Å². The van der Waals surface area contributed by atoms with Crippen LogP contribution in [0.3, 0.4) is 0 Å². The van der Waals surface area contributed by atoms with Gasteiger partial charge in [-0.25, -0.2) is 4.98 Å². The number of benzene rings is 6. The highest BCUT2D eigenvalue weighted by Crippen LogP contribution is 2.46. The highest BCUT2D eigenvalue weighted by Gasteiger charge is 2.30. The average Bonchev–Trinajstić information content (AvgIpc) is 0.870. The second kappa shape index (κ2) is 15.8. The maximum atomic E-state index is 13.2. The lowest BCUT2D eigenvalue weighted by Gasteiger charge is -2.28. The number of nitrogens with zero attached hydrogens (tertiary/aromatic N) is 3. The first-order valence-corrected chi connectivity index (χ1v) is 19.3. The Morgan fingerprint density at radius 2 is 1.24 bits per heavy atom. The largest absolute Gasteiger partial charge is 0.507 e. The summed E-state index contributed by atoms with van der Waals surface area (Å²) in [6.45, 7) is -35.7. The van der Waals surface area contributed by atoms with E-state index < -0.39 is 189 Å². The van der Waals surface area contributed by atoms with E-state index in [1.54, 1.807) is 26.8 Å². The Morgan fingerprint density at radius 3 is 1.94 bits per heavy atom. The van der Waals surface area contributed by atoms with Crippen molar-refractivity contribution in [3.8, 4) is 67.5 Å². The van der Waals surface area contributed by atoms with Gasteiger partial charge >= 0.3 is 0 Å². The lowest BCUT2D eigenvalue weighted by molar-refractivity contribution is 0.446. The molecule has 1 N–H and O–H groups in total. The summed E-state index contributed by atoms with van der Waals surface area (Å²) < 4.78 is 324. The molecular weight excluding hydrogens is 767 g/mol. The summed E-state index contributed by atoms with van der Waals surface area (Å²) in [7, 11) is 0. The quantitative estimate of drug-likeness (QED) is 0.181. The summed E-state index contributed by atoms with van der Waals surface area (Å²) in [5, 5.41) is 13.2. The molecule has 0 saturated carbocycles. The highest BCUT2D eigenvalue weighted by atomic mass is 16.3. The zero-order chi connectivity index (χ0) is 76.3. The fraction of sp³-hybridized carbons (Fsp3) is 0.288. The van der Waals surface area contributed by atoms with Crippen molar-refractivity contribution < 1.29 is 55.8 Å². The van der Waals surface area contributed by atoms with Crippen LogP contribution in [-0.4, -0.2) is 19.6 Å². The Bertz CT molecular complexity index is 4390. The maximum absolute atomic E-state index is 13.2. The molecule has 0 atom stereocenters. The van der Waals surface area contributed by atoms with E-state index in [4.69, 9.17) is 54.3 Å². The topological polar surface area (TPSA) is 50.9 Å². The van der Waals surface area contributed by atoms with Crippen LogP contribution in [0.1, 0.15) is 161 Å². The number of phenols is 1. The summed E-state index contributed by atoms with van der Waals surface area (Å²) in [5.74, 6) is -2.61. The Kier molecular flexibility index (Phi) is 4.36. The molecule has 0 aliphatic carbocycles. The number of aromatic hydroxyl groups is 1. The predicted octanol–water partition coefficient (Wildman–Crippen LogP) is 16.0. The van der Waals surface area contributed by atoms with E-state index >= 15 is 0 Å². The van der Waals surface area contributed by atoms with E-state index in [1.807, 2.05) is 0 Å². The van der Waals surface area contributed by atoms with Crippen molar-refractivity contribution in [2.24, 2.45) is 0 Å². The summed E-state index contributed by atoms with van der Waals surface area (Å²) in [5.41, 5.74) is -22.5. The normalized spacial score (nSPS) is 23.2. The van der Waals surface area contributed by atoms with Crippen molar-refractivity contribution in [2.45, 2.75) is 111 Å². The van der Waals surface area contributed by atoms with Crippen molar-refractivity contribution in [3.63, 3.8) is 0 Å². The molecule has 4 heteroatoms. The van der Waals surface area contributed by atoms with Crippen LogP contribution in [0, 0.1) is 6.85 Å². The summed E-state index contributed by atoms with van der Waals surface area (Å²) in [6, 6.07) is 13.2. The number of imidazole rings is 1. The maximum Gasteiger partial charge on any atom is 0.149 e. The number of hydrogen-bond donors (Lipinski definition) is 1. The van der Waals surface area contributed by atoms with E-state index in [-0.39, 0.29) is 50.6 Å². The molecule has 8 aromatic rings. The minimum absolute atomic E-state index is 0.00387. The van der Waals surface area contributed by atoms with Crippen LogP contribution in [0.2, 0.25) is 0 Å². The van der Waals surface area contributed by atoms with E-state index in [1.165, 1.54) is 60.7 Å². The number of phenolic OH excluding ortho intramolecular Hbond substituents is 1. The number of pyridine rings is 1. The third-order valence-electron chi connectivity index (χ3n) is 10.5. The van der Waals surface area contributed by atoms with Crippen molar-refractivity contribution in [1.29, 1.82) is 0 Å². The van der Waals surface area contributed by atoms with Gasteiger partial charge in [-0.15, -0.1) is 0 Å². The third kappa shape index (κ3) is 8.61. The fourth-order valence-corrected chi connectivity index (χ4v) is 7.25. The van der Waals surface area contributed by atoms with Gasteiger partial charge in [-0.2, -0.15) is 0 Å². The van der Waals surface area contributed by atoms with Crippen molar-refractivity contribution in [1.82, 2.24) is 14.5 Å². The molecule has 63 heavy (non-hydrogen) atoms. The molecule has 0 spiro atoms. The van der Waals surface area contributed by atoms with Gasteiger partial charge in [0.25, 0.3) is 0 Å². The first-order valence-electron chi connectivity index (χ1n) is 37.8. The predicted molar refractivity (Wildman–Crippen MR) is 267 cm³/mol. The van der Waals surface area contributed by atoms with Gasteiger partial charge in [0, 0.05) is 69.5 Å². The highest BCUT2D eigenvalue weighted by molar-refractivity contribution is 5.98. The second-order valence-electron chi connectivity index (χ2n) is 16.2. The van der Waals surface area contributed by atoms with Gasteiger partial charge in [-0.05, 0) is 116 Å². The lowest BCUT2D eigenvalue weighted by atomic mass is 9.79. The van der Waals surface area contributed by atoms with E-state index in [9.17, 15) is 6.48 Å². The van der Waals surface area contributed by atoms with Gasteiger partial charge in [0.2, 0.25) is 0 Å². The van der Waals surface area contributed by atoms with Crippen LogP contribution < -0.4 is 0 Å². The molecule has 0 bridgehead atoms. The summed E-state index contributed by atoms with van der Waals surface area (Å²) >= 11 is 0. The minimum atomic E-state index is -4.43. The van der Waals surface area contributed by atoms with Crippen molar-refractivity contribution in [3.05, 3.63) is 167 Å². The molecule has 8 rings (SSSR count). The fourth-order valence-electron chi connectivity index (χ4n) is 7.25. The molecule has 320 valence electrons. The summed E-state index contributed by atoms with van der Waals surface area (Å²) in [4.78, 5) is 9.23. The van der Waals surface area contributed by atoms with Crippen LogP contribution in [0.15, 0.2) is 139 Å². The average molecular weight is 867 g/mol. The molecule has 0 amide bonds. The Labute approximate surface area is 427 Å². The third-order valence-corrected chi connectivity index (χ3v) is 10.5. The Hall–Kier alpha value is -6.26. The molecular formula is C59H63N3O. The SMILES string of the molecule is [2H]c1nc(-c2cc(-c3cccc4c3nc(-c3cc(C(C([2H])([2H])[2H])(C([2H])([2H])[2H])C([2H])([2H])[2H])cc(C(C([2H])([2H])[2H])(C([2H])([2H])[2H])C([2H])([2H])[2H])c3O)n4-c3ccc(C(C([2H])([2H])[2H])(C([2H])([2H])[2H])C([2H])([2H])[2H])cc3-c3ccccc3)cc(C(C)(C)C)c2)c([2H])c(-c2c([2H])c([2H])c(C([2H])([2H])[2H])c([2H])c2[2H])c1[2H]. The molecule has 0 aliphatic heterocycles. The molecule has 4 nitrogen and oxygen atoms in total.